The average Bonchev–Trinajstić information content (AvgIpc) is 3.25. The van der Waals surface area contributed by atoms with Crippen LogP contribution in [0.1, 0.15) is 18.2 Å². The number of nitrogens with zero attached hydrogens (tertiary/aromatic N) is 3. The first-order chi connectivity index (χ1) is 14.7. The van der Waals surface area contributed by atoms with Crippen LogP contribution in [0.25, 0.3) is 11.5 Å². The summed E-state index contributed by atoms with van der Waals surface area (Å²) in [6.07, 6.45) is 2.65. The van der Waals surface area contributed by atoms with Crippen LogP contribution in [0.15, 0.2) is 76.3 Å². The third kappa shape index (κ3) is 7.99. The summed E-state index contributed by atoms with van der Waals surface area (Å²) < 4.78 is 5.61. The molecule has 0 saturated carbocycles. The zero-order chi connectivity index (χ0) is 21.2. The van der Waals surface area contributed by atoms with E-state index in [1.54, 1.807) is 6.26 Å². The van der Waals surface area contributed by atoms with Crippen LogP contribution in [0.5, 0.6) is 0 Å². The van der Waals surface area contributed by atoms with Gasteiger partial charge in [0.1, 0.15) is 12.0 Å². The fourth-order valence-corrected chi connectivity index (χ4v) is 3.13. The van der Waals surface area contributed by atoms with Crippen LogP contribution in [0.2, 0.25) is 0 Å². The zero-order valence-corrected chi connectivity index (χ0v) is 20.7. The van der Waals surface area contributed by atoms with Gasteiger partial charge in [-0.25, -0.2) is 9.98 Å². The Kier molecular flexibility index (Phi) is 10.5. The minimum absolute atomic E-state index is 0. The van der Waals surface area contributed by atoms with Gasteiger partial charge in [0, 0.05) is 24.7 Å². The first-order valence-corrected chi connectivity index (χ1v) is 10.4. The molecule has 31 heavy (non-hydrogen) atoms. The smallest absolute Gasteiger partial charge is 0.226 e. The maximum Gasteiger partial charge on any atom is 0.226 e. The highest BCUT2D eigenvalue weighted by Crippen LogP contribution is 2.18. The van der Waals surface area contributed by atoms with Crippen molar-refractivity contribution in [1.29, 1.82) is 0 Å². The molecular weight excluding hydrogens is 501 g/mol. The molecule has 7 heteroatoms. The van der Waals surface area contributed by atoms with Crippen molar-refractivity contribution in [2.24, 2.45) is 4.99 Å². The van der Waals surface area contributed by atoms with Gasteiger partial charge < -0.3 is 20.0 Å². The van der Waals surface area contributed by atoms with E-state index in [1.807, 2.05) is 30.3 Å². The van der Waals surface area contributed by atoms with Crippen molar-refractivity contribution < 1.29 is 4.42 Å². The molecule has 1 unspecified atom stereocenters. The highest BCUT2D eigenvalue weighted by molar-refractivity contribution is 14.0. The largest absolute Gasteiger partial charge is 0.444 e. The molecule has 0 bridgehead atoms. The summed E-state index contributed by atoms with van der Waals surface area (Å²) in [7, 11) is 4.22. The summed E-state index contributed by atoms with van der Waals surface area (Å²) >= 11 is 0. The van der Waals surface area contributed by atoms with Crippen LogP contribution in [-0.2, 0) is 13.0 Å². The molecule has 0 spiro atoms. The van der Waals surface area contributed by atoms with E-state index in [-0.39, 0.29) is 24.0 Å². The maximum absolute atomic E-state index is 5.61. The molecule has 1 atom stereocenters. The molecule has 0 radical (unpaired) electrons. The average molecular weight is 533 g/mol. The van der Waals surface area contributed by atoms with E-state index in [2.05, 4.69) is 76.9 Å². The molecule has 0 amide bonds. The Morgan fingerprint density at radius 1 is 1.03 bits per heavy atom. The third-order valence-electron chi connectivity index (χ3n) is 4.87. The molecule has 6 nitrogen and oxygen atoms in total. The van der Waals surface area contributed by atoms with Crippen LogP contribution < -0.4 is 10.6 Å². The Hall–Kier alpha value is -2.39. The molecule has 0 aliphatic rings. The Balaban J connectivity index is 0.00000341. The van der Waals surface area contributed by atoms with Crippen molar-refractivity contribution in [3.8, 4) is 11.5 Å². The molecule has 0 aliphatic heterocycles. The predicted molar refractivity (Wildman–Crippen MR) is 138 cm³/mol. The second-order valence-corrected chi connectivity index (χ2v) is 7.39. The number of benzene rings is 2. The molecular formula is C24H32IN5O. The Morgan fingerprint density at radius 3 is 2.35 bits per heavy atom. The summed E-state index contributed by atoms with van der Waals surface area (Å²) in [5.41, 5.74) is 3.10. The number of rotatable bonds is 9. The molecule has 3 rings (SSSR count). The first kappa shape index (κ1) is 24.9. The standard InChI is InChI=1S/C24H31N5O.HI/c1-4-25-24(27-17-22(29(2)3)15-19-11-7-5-8-12-19)26-16-21-18-30-23(28-21)20-13-9-6-10-14-20;/h5-14,18,22H,4,15-17H2,1-3H3,(H2,25,26,27);1H. The SMILES string of the molecule is CCNC(=NCc1coc(-c2ccccc2)n1)NCC(Cc1ccccc1)N(C)C.I. The molecule has 166 valence electrons. The van der Waals surface area contributed by atoms with Gasteiger partial charge in [0.15, 0.2) is 5.96 Å². The molecule has 2 aromatic carbocycles. The number of hydrogen-bond acceptors (Lipinski definition) is 4. The fourth-order valence-electron chi connectivity index (χ4n) is 3.13. The van der Waals surface area contributed by atoms with Gasteiger partial charge in [-0.1, -0.05) is 48.5 Å². The van der Waals surface area contributed by atoms with Crippen molar-refractivity contribution in [3.05, 3.63) is 78.2 Å². The predicted octanol–water partition coefficient (Wildman–Crippen LogP) is 4.19. The van der Waals surface area contributed by atoms with Gasteiger partial charge in [-0.3, -0.25) is 0 Å². The van der Waals surface area contributed by atoms with Crippen molar-refractivity contribution in [2.75, 3.05) is 27.2 Å². The maximum atomic E-state index is 5.61. The van der Waals surface area contributed by atoms with Gasteiger partial charge in [0.05, 0.1) is 6.54 Å². The van der Waals surface area contributed by atoms with Gasteiger partial charge in [-0.05, 0) is 45.1 Å². The number of aromatic nitrogens is 1. The second-order valence-electron chi connectivity index (χ2n) is 7.39. The van der Waals surface area contributed by atoms with Gasteiger partial charge in [-0.2, -0.15) is 0 Å². The monoisotopic (exact) mass is 533 g/mol. The number of hydrogen-bond donors (Lipinski definition) is 2. The molecule has 0 aliphatic carbocycles. The van der Waals surface area contributed by atoms with Gasteiger partial charge in [0.25, 0.3) is 0 Å². The minimum Gasteiger partial charge on any atom is -0.444 e. The number of oxazole rings is 1. The molecule has 1 aromatic heterocycles. The Morgan fingerprint density at radius 2 is 1.71 bits per heavy atom. The number of halogens is 1. The topological polar surface area (TPSA) is 65.7 Å². The van der Waals surface area contributed by atoms with Gasteiger partial charge >= 0.3 is 0 Å². The van der Waals surface area contributed by atoms with Crippen LogP contribution in [0.3, 0.4) is 0 Å². The lowest BCUT2D eigenvalue weighted by Crippen LogP contribution is -2.46. The van der Waals surface area contributed by atoms with E-state index >= 15 is 0 Å². The summed E-state index contributed by atoms with van der Waals surface area (Å²) in [4.78, 5) is 11.5. The first-order valence-electron chi connectivity index (χ1n) is 10.4. The van der Waals surface area contributed by atoms with E-state index in [1.165, 1.54) is 5.56 Å². The summed E-state index contributed by atoms with van der Waals surface area (Å²) in [6, 6.07) is 20.8. The normalized spacial score (nSPS) is 12.3. The van der Waals surface area contributed by atoms with Crippen molar-refractivity contribution in [2.45, 2.75) is 25.9 Å². The van der Waals surface area contributed by atoms with Gasteiger partial charge in [0.2, 0.25) is 5.89 Å². The number of likely N-dealkylation sites (N-methyl/N-ethyl adjacent to an activating group) is 1. The number of guanidine groups is 1. The third-order valence-corrected chi connectivity index (χ3v) is 4.87. The molecule has 3 aromatic rings. The lowest BCUT2D eigenvalue weighted by atomic mass is 10.1. The lowest BCUT2D eigenvalue weighted by Gasteiger charge is -2.25. The molecule has 0 fully saturated rings. The van der Waals surface area contributed by atoms with Crippen LogP contribution in [-0.4, -0.2) is 49.1 Å². The second kappa shape index (κ2) is 13.1. The quantitative estimate of drug-likeness (QED) is 0.246. The van der Waals surface area contributed by atoms with E-state index < -0.39 is 0 Å². The Labute approximate surface area is 202 Å². The van der Waals surface area contributed by atoms with Crippen LogP contribution in [0.4, 0.5) is 0 Å². The molecule has 1 heterocycles. The summed E-state index contributed by atoms with van der Waals surface area (Å²) in [6.45, 7) is 4.11. The van der Waals surface area contributed by atoms with Crippen LogP contribution in [0, 0.1) is 0 Å². The van der Waals surface area contributed by atoms with E-state index in [9.17, 15) is 0 Å². The van der Waals surface area contributed by atoms with Crippen molar-refractivity contribution in [1.82, 2.24) is 20.5 Å². The molecule has 0 saturated heterocycles. The summed E-state index contributed by atoms with van der Waals surface area (Å²) in [5.74, 6) is 1.40. The highest BCUT2D eigenvalue weighted by atomic mass is 127. The van der Waals surface area contributed by atoms with Crippen LogP contribution >= 0.6 is 24.0 Å². The summed E-state index contributed by atoms with van der Waals surface area (Å²) in [5, 5.41) is 6.78. The lowest BCUT2D eigenvalue weighted by molar-refractivity contribution is 0.290. The van der Waals surface area contributed by atoms with E-state index in [0.29, 0.717) is 18.5 Å². The zero-order valence-electron chi connectivity index (χ0n) is 18.4. The van der Waals surface area contributed by atoms with E-state index in [0.717, 1.165) is 36.7 Å². The van der Waals surface area contributed by atoms with Gasteiger partial charge in [-0.15, -0.1) is 24.0 Å². The Bertz CT molecular complexity index is 912. The van der Waals surface area contributed by atoms with Crippen molar-refractivity contribution >= 4 is 29.9 Å². The number of aliphatic imine (C=N–C) groups is 1. The fraction of sp³-hybridized carbons (Fsp3) is 0.333. The van der Waals surface area contributed by atoms with E-state index in [4.69, 9.17) is 4.42 Å². The minimum atomic E-state index is 0. The molecule has 2 N–H and O–H groups in total. The van der Waals surface area contributed by atoms with Crippen molar-refractivity contribution in [3.63, 3.8) is 0 Å². The number of nitrogens with one attached hydrogen (secondary N) is 2. The highest BCUT2D eigenvalue weighted by Gasteiger charge is 2.13.